The van der Waals surface area contributed by atoms with Crippen molar-refractivity contribution in [3.63, 3.8) is 0 Å². The van der Waals surface area contributed by atoms with Gasteiger partial charge in [0.2, 0.25) is 0 Å². The molecule has 0 aromatic heterocycles. The average molecular weight is 376 g/mol. The molecular weight excluding hydrogens is 364 g/mol. The Morgan fingerprint density at radius 2 is 1.84 bits per heavy atom. The SMILES string of the molecule is OB(OF)c1cc(Cl)cc(NC(=S)Oc2ccc3ccccc3c2)c1. The van der Waals surface area contributed by atoms with Gasteiger partial charge in [0, 0.05) is 10.7 Å². The van der Waals surface area contributed by atoms with Crippen molar-refractivity contribution in [2.75, 3.05) is 5.32 Å². The molecule has 0 spiro atoms. The van der Waals surface area contributed by atoms with Crippen LogP contribution in [0.15, 0.2) is 60.7 Å². The van der Waals surface area contributed by atoms with E-state index in [-0.39, 0.29) is 15.7 Å². The Labute approximate surface area is 154 Å². The summed E-state index contributed by atoms with van der Waals surface area (Å²) in [5.74, 6) is 0.575. The molecule has 2 N–H and O–H groups in total. The molecule has 4 nitrogen and oxygen atoms in total. The summed E-state index contributed by atoms with van der Waals surface area (Å²) in [5, 5.41) is 14.7. The molecule has 0 unspecified atom stereocenters. The Bertz CT molecular complexity index is 927. The third-order valence-corrected chi connectivity index (χ3v) is 3.87. The molecule has 0 saturated carbocycles. The average Bonchev–Trinajstić information content (AvgIpc) is 2.60. The van der Waals surface area contributed by atoms with E-state index in [9.17, 15) is 9.55 Å². The second kappa shape index (κ2) is 7.80. The van der Waals surface area contributed by atoms with Crippen LogP contribution in [0.4, 0.5) is 10.2 Å². The number of nitrogens with one attached hydrogen (secondary N) is 1. The standard InChI is InChI=1S/C17H12BClFNO3S/c19-14-8-13(18(22)24-20)9-15(10-14)21-17(25)23-16-6-5-11-3-1-2-4-12(11)7-16/h1-10,22H,(H,21,25). The first-order chi connectivity index (χ1) is 12.0. The Hall–Kier alpha value is -2.19. The van der Waals surface area contributed by atoms with Crippen molar-refractivity contribution in [3.8, 4) is 5.75 Å². The predicted molar refractivity (Wildman–Crippen MR) is 102 cm³/mol. The van der Waals surface area contributed by atoms with Crippen molar-refractivity contribution in [1.29, 1.82) is 0 Å². The highest BCUT2D eigenvalue weighted by Crippen LogP contribution is 2.21. The predicted octanol–water partition coefficient (Wildman–Crippen LogP) is 3.86. The Kier molecular flexibility index (Phi) is 5.50. The summed E-state index contributed by atoms with van der Waals surface area (Å²) in [6, 6.07) is 17.9. The molecule has 25 heavy (non-hydrogen) atoms. The summed E-state index contributed by atoms with van der Waals surface area (Å²) in [7, 11) is -1.73. The minimum absolute atomic E-state index is 0.0826. The number of hydrogen-bond donors (Lipinski definition) is 2. The van der Waals surface area contributed by atoms with Crippen LogP contribution in [0.2, 0.25) is 5.02 Å². The van der Waals surface area contributed by atoms with E-state index in [4.69, 9.17) is 28.6 Å². The fourth-order valence-corrected chi connectivity index (χ4v) is 2.82. The van der Waals surface area contributed by atoms with E-state index in [0.717, 1.165) is 10.8 Å². The summed E-state index contributed by atoms with van der Waals surface area (Å²) in [6.07, 6.45) is 0. The van der Waals surface area contributed by atoms with E-state index in [2.05, 4.69) is 10.2 Å². The molecule has 0 aliphatic rings. The maximum Gasteiger partial charge on any atom is 0.530 e. The molecule has 0 fully saturated rings. The number of hydrogen-bond acceptors (Lipinski definition) is 4. The molecule has 0 aliphatic heterocycles. The lowest BCUT2D eigenvalue weighted by Gasteiger charge is -2.12. The van der Waals surface area contributed by atoms with Gasteiger partial charge in [0.15, 0.2) is 0 Å². The van der Waals surface area contributed by atoms with Gasteiger partial charge in [-0.15, -0.1) is 0 Å². The van der Waals surface area contributed by atoms with E-state index in [1.54, 1.807) is 12.1 Å². The molecule has 126 valence electrons. The highest BCUT2D eigenvalue weighted by Gasteiger charge is 2.19. The lowest BCUT2D eigenvalue weighted by atomic mass is 9.80. The van der Waals surface area contributed by atoms with Crippen molar-refractivity contribution < 1.29 is 19.1 Å². The Balaban J connectivity index is 1.74. The quantitative estimate of drug-likeness (QED) is 0.536. The first kappa shape index (κ1) is 17.6. The highest BCUT2D eigenvalue weighted by molar-refractivity contribution is 7.80. The van der Waals surface area contributed by atoms with Gasteiger partial charge in [-0.05, 0) is 58.8 Å². The van der Waals surface area contributed by atoms with Crippen LogP contribution in [0.1, 0.15) is 0 Å². The summed E-state index contributed by atoms with van der Waals surface area (Å²) >= 11 is 11.1. The summed E-state index contributed by atoms with van der Waals surface area (Å²) in [6.45, 7) is 0. The van der Waals surface area contributed by atoms with Crippen molar-refractivity contribution in [1.82, 2.24) is 0 Å². The topological polar surface area (TPSA) is 50.7 Å². The van der Waals surface area contributed by atoms with Gasteiger partial charge in [-0.3, -0.25) is 0 Å². The molecule has 0 atom stereocenters. The zero-order valence-corrected chi connectivity index (χ0v) is 14.4. The lowest BCUT2D eigenvalue weighted by molar-refractivity contribution is -0.0267. The van der Waals surface area contributed by atoms with Gasteiger partial charge in [-0.2, -0.15) is 0 Å². The van der Waals surface area contributed by atoms with Gasteiger partial charge < -0.3 is 15.1 Å². The van der Waals surface area contributed by atoms with Gasteiger partial charge in [-0.25, -0.2) is 4.86 Å². The van der Waals surface area contributed by atoms with Crippen LogP contribution < -0.4 is 15.5 Å². The van der Waals surface area contributed by atoms with Crippen LogP contribution in [0.3, 0.4) is 0 Å². The fourth-order valence-electron chi connectivity index (χ4n) is 2.36. The number of ether oxygens (including phenoxy) is 1. The molecular formula is C17H12BClFNO3S. The molecule has 3 aromatic carbocycles. The van der Waals surface area contributed by atoms with Gasteiger partial charge >= 0.3 is 7.12 Å². The van der Waals surface area contributed by atoms with E-state index < -0.39 is 7.12 Å². The maximum atomic E-state index is 12.1. The molecule has 8 heteroatoms. The summed E-state index contributed by atoms with van der Waals surface area (Å²) in [4.78, 5) is 3.39. The largest absolute Gasteiger partial charge is 0.530 e. The monoisotopic (exact) mass is 375 g/mol. The van der Waals surface area contributed by atoms with Crippen molar-refractivity contribution >= 4 is 58.0 Å². The number of thiocarbonyl (C=S) groups is 1. The number of rotatable bonds is 4. The number of benzene rings is 3. The molecule has 0 radical (unpaired) electrons. The van der Waals surface area contributed by atoms with Gasteiger partial charge in [0.05, 0.1) is 0 Å². The molecule has 0 aliphatic carbocycles. The number of halogens is 2. The van der Waals surface area contributed by atoms with Crippen LogP contribution >= 0.6 is 23.8 Å². The van der Waals surface area contributed by atoms with Gasteiger partial charge in [0.25, 0.3) is 5.17 Å². The fraction of sp³-hybridized carbons (Fsp3) is 0. The van der Waals surface area contributed by atoms with Gasteiger partial charge in [0.1, 0.15) is 5.75 Å². The molecule has 0 saturated heterocycles. The first-order valence-corrected chi connectivity index (χ1v) is 8.07. The lowest BCUT2D eigenvalue weighted by Crippen LogP contribution is -2.31. The van der Waals surface area contributed by atoms with Crippen LogP contribution in [0.5, 0.6) is 5.75 Å². The molecule has 0 heterocycles. The maximum absolute atomic E-state index is 12.1. The molecule has 3 rings (SSSR count). The van der Waals surface area contributed by atoms with Crippen molar-refractivity contribution in [3.05, 3.63) is 65.7 Å². The number of fused-ring (bicyclic) bond motifs is 1. The number of anilines is 1. The summed E-state index contributed by atoms with van der Waals surface area (Å²) in [5.41, 5.74) is 0.579. The van der Waals surface area contributed by atoms with Crippen LogP contribution in [0.25, 0.3) is 10.8 Å². The zero-order chi connectivity index (χ0) is 17.8. The van der Waals surface area contributed by atoms with E-state index >= 15 is 0 Å². The van der Waals surface area contributed by atoms with E-state index in [0.29, 0.717) is 11.4 Å². The second-order valence-corrected chi connectivity index (χ2v) is 6.05. The first-order valence-electron chi connectivity index (χ1n) is 7.29. The minimum Gasteiger partial charge on any atom is -0.432 e. The molecule has 3 aromatic rings. The van der Waals surface area contributed by atoms with E-state index in [1.165, 1.54) is 12.1 Å². The third-order valence-electron chi connectivity index (χ3n) is 3.47. The third kappa shape index (κ3) is 4.46. The van der Waals surface area contributed by atoms with E-state index in [1.807, 2.05) is 36.4 Å². The Morgan fingerprint density at radius 1 is 1.08 bits per heavy atom. The highest BCUT2D eigenvalue weighted by atomic mass is 35.5. The van der Waals surface area contributed by atoms with Crippen molar-refractivity contribution in [2.45, 2.75) is 0 Å². The minimum atomic E-state index is -1.73. The molecule has 0 amide bonds. The second-order valence-electron chi connectivity index (χ2n) is 5.24. The molecule has 0 bridgehead atoms. The van der Waals surface area contributed by atoms with Crippen molar-refractivity contribution in [2.24, 2.45) is 0 Å². The van der Waals surface area contributed by atoms with Crippen LogP contribution in [-0.4, -0.2) is 17.3 Å². The zero-order valence-electron chi connectivity index (χ0n) is 12.8. The van der Waals surface area contributed by atoms with Crippen LogP contribution in [0, 0.1) is 0 Å². The normalized spacial score (nSPS) is 10.5. The van der Waals surface area contributed by atoms with Crippen LogP contribution in [-0.2, 0) is 4.86 Å². The summed E-state index contributed by atoms with van der Waals surface area (Å²) < 4.78 is 17.8. The Morgan fingerprint density at radius 3 is 2.60 bits per heavy atom. The smallest absolute Gasteiger partial charge is 0.432 e. The van der Waals surface area contributed by atoms with Gasteiger partial charge in [-0.1, -0.05) is 46.5 Å².